The second-order valence-corrected chi connectivity index (χ2v) is 8.86. The lowest BCUT2D eigenvalue weighted by atomic mass is 9.94. The van der Waals surface area contributed by atoms with Gasteiger partial charge in [-0.05, 0) is 44.1 Å². The van der Waals surface area contributed by atoms with Gasteiger partial charge in [-0.1, -0.05) is 19.3 Å². The average molecular weight is 372 g/mol. The van der Waals surface area contributed by atoms with Crippen molar-refractivity contribution in [2.45, 2.75) is 70.3 Å². The second-order valence-electron chi connectivity index (χ2n) is 7.76. The van der Waals surface area contributed by atoms with Gasteiger partial charge >= 0.3 is 0 Å². The van der Waals surface area contributed by atoms with E-state index in [1.807, 2.05) is 4.90 Å². The van der Waals surface area contributed by atoms with Crippen molar-refractivity contribution in [3.8, 4) is 6.07 Å². The Bertz CT molecular complexity index is 758. The summed E-state index contributed by atoms with van der Waals surface area (Å²) < 4.78 is 0. The van der Waals surface area contributed by atoms with Crippen LogP contribution < -0.4 is 5.32 Å². The fourth-order valence-electron chi connectivity index (χ4n) is 4.64. The van der Waals surface area contributed by atoms with Crippen LogP contribution in [-0.2, 0) is 22.4 Å². The van der Waals surface area contributed by atoms with E-state index < -0.39 is 0 Å². The summed E-state index contributed by atoms with van der Waals surface area (Å²) in [6.07, 6.45) is 10.2. The van der Waals surface area contributed by atoms with Crippen molar-refractivity contribution in [1.29, 1.82) is 5.26 Å². The smallest absolute Gasteiger partial charge is 0.230 e. The van der Waals surface area contributed by atoms with Crippen molar-refractivity contribution < 1.29 is 9.59 Å². The first kappa shape index (κ1) is 17.5. The highest BCUT2D eigenvalue weighted by molar-refractivity contribution is 7.16. The molecule has 138 valence electrons. The second kappa shape index (κ2) is 7.40. The molecule has 1 aromatic rings. The normalized spacial score (nSPS) is 23.6. The number of carbonyl (C=O) groups excluding carboxylic acids is 2. The van der Waals surface area contributed by atoms with Crippen LogP contribution in [-0.4, -0.2) is 29.3 Å². The molecule has 1 aliphatic heterocycles. The van der Waals surface area contributed by atoms with Crippen LogP contribution in [0.25, 0.3) is 0 Å². The number of carbonyl (C=O) groups is 2. The van der Waals surface area contributed by atoms with Crippen molar-refractivity contribution in [2.24, 2.45) is 5.92 Å². The summed E-state index contributed by atoms with van der Waals surface area (Å²) in [6, 6.07) is 2.60. The summed E-state index contributed by atoms with van der Waals surface area (Å²) in [6.45, 7) is 0.530. The molecule has 6 heteroatoms. The van der Waals surface area contributed by atoms with E-state index in [2.05, 4.69) is 11.4 Å². The molecule has 2 amide bonds. The Morgan fingerprint density at radius 2 is 1.92 bits per heavy atom. The minimum absolute atomic E-state index is 0.105. The zero-order valence-corrected chi connectivity index (χ0v) is 15.9. The number of nitrogens with one attached hydrogen (secondary N) is 1. The molecule has 0 aromatic carbocycles. The first-order chi connectivity index (χ1) is 12.7. The van der Waals surface area contributed by atoms with E-state index in [0.717, 1.165) is 44.1 Å². The van der Waals surface area contributed by atoms with Gasteiger partial charge in [-0.25, -0.2) is 0 Å². The highest BCUT2D eigenvalue weighted by Crippen LogP contribution is 2.38. The molecule has 3 aliphatic rings. The molecule has 2 aliphatic carbocycles. The molecule has 2 heterocycles. The molecule has 0 radical (unpaired) electrons. The minimum Gasteiger partial charge on any atom is -0.339 e. The van der Waals surface area contributed by atoms with Gasteiger partial charge < -0.3 is 10.2 Å². The molecule has 26 heavy (non-hydrogen) atoms. The largest absolute Gasteiger partial charge is 0.339 e. The Morgan fingerprint density at radius 3 is 2.69 bits per heavy atom. The molecule has 2 fully saturated rings. The van der Waals surface area contributed by atoms with Gasteiger partial charge in [-0.2, -0.15) is 5.26 Å². The minimum atomic E-state index is -0.296. The van der Waals surface area contributed by atoms with E-state index in [-0.39, 0.29) is 17.7 Å². The number of fused-ring (bicyclic) bond motifs is 1. The molecule has 1 aromatic heterocycles. The van der Waals surface area contributed by atoms with E-state index >= 15 is 0 Å². The topological polar surface area (TPSA) is 73.2 Å². The lowest BCUT2D eigenvalue weighted by Crippen LogP contribution is -2.38. The predicted molar refractivity (Wildman–Crippen MR) is 101 cm³/mol. The van der Waals surface area contributed by atoms with Crippen LogP contribution in [0.4, 0.5) is 5.00 Å². The first-order valence-electron chi connectivity index (χ1n) is 9.82. The van der Waals surface area contributed by atoms with Crippen LogP contribution in [0.15, 0.2) is 0 Å². The molecule has 1 saturated heterocycles. The molecule has 4 rings (SSSR count). The number of rotatable bonds is 3. The van der Waals surface area contributed by atoms with Crippen LogP contribution in [0, 0.1) is 17.2 Å². The fraction of sp³-hybridized carbons (Fsp3) is 0.650. The molecular formula is C20H25N3O2S. The van der Waals surface area contributed by atoms with Gasteiger partial charge in [0.2, 0.25) is 11.8 Å². The Morgan fingerprint density at radius 1 is 1.15 bits per heavy atom. The van der Waals surface area contributed by atoms with Gasteiger partial charge in [0.25, 0.3) is 0 Å². The summed E-state index contributed by atoms with van der Waals surface area (Å²) >= 11 is 1.55. The number of aryl methyl sites for hydroxylation is 1. The van der Waals surface area contributed by atoms with E-state index in [0.29, 0.717) is 29.6 Å². The van der Waals surface area contributed by atoms with Gasteiger partial charge in [0.1, 0.15) is 11.1 Å². The number of hydrogen-bond donors (Lipinski definition) is 1. The number of amides is 2. The van der Waals surface area contributed by atoms with Crippen molar-refractivity contribution in [3.05, 3.63) is 16.0 Å². The van der Waals surface area contributed by atoms with E-state index in [4.69, 9.17) is 0 Å². The van der Waals surface area contributed by atoms with Gasteiger partial charge in [0.05, 0.1) is 11.5 Å². The highest BCUT2D eigenvalue weighted by atomic mass is 32.1. The summed E-state index contributed by atoms with van der Waals surface area (Å²) in [7, 11) is 0. The van der Waals surface area contributed by atoms with E-state index in [9.17, 15) is 14.9 Å². The maximum atomic E-state index is 12.8. The Kier molecular flexibility index (Phi) is 4.99. The summed E-state index contributed by atoms with van der Waals surface area (Å²) in [5.74, 6) is -0.287. The lowest BCUT2D eigenvalue weighted by molar-refractivity contribution is -0.130. The highest BCUT2D eigenvalue weighted by Gasteiger charge is 2.38. The number of hydrogen-bond acceptors (Lipinski definition) is 4. The number of anilines is 1. The monoisotopic (exact) mass is 371 g/mol. The SMILES string of the molecule is N#Cc1c(NC(=O)[C@H]2CC(=O)N(C3CCCCC3)C2)sc2c1CCCC2. The van der Waals surface area contributed by atoms with Crippen LogP contribution in [0.5, 0.6) is 0 Å². The summed E-state index contributed by atoms with van der Waals surface area (Å²) in [4.78, 5) is 28.4. The van der Waals surface area contributed by atoms with Gasteiger partial charge in [0, 0.05) is 23.9 Å². The van der Waals surface area contributed by atoms with Gasteiger partial charge in [-0.3, -0.25) is 9.59 Å². The lowest BCUT2D eigenvalue weighted by Gasteiger charge is -2.31. The maximum absolute atomic E-state index is 12.8. The molecular weight excluding hydrogens is 346 g/mol. The van der Waals surface area contributed by atoms with Crippen LogP contribution in [0.3, 0.4) is 0 Å². The number of nitriles is 1. The molecule has 1 atom stereocenters. The third kappa shape index (κ3) is 3.25. The van der Waals surface area contributed by atoms with Crippen LogP contribution in [0.2, 0.25) is 0 Å². The van der Waals surface area contributed by atoms with Crippen molar-refractivity contribution in [2.75, 3.05) is 11.9 Å². The molecule has 5 nitrogen and oxygen atoms in total. The van der Waals surface area contributed by atoms with Crippen LogP contribution >= 0.6 is 11.3 Å². The third-order valence-electron chi connectivity index (χ3n) is 6.06. The zero-order chi connectivity index (χ0) is 18.1. The summed E-state index contributed by atoms with van der Waals surface area (Å²) in [5, 5.41) is 13.2. The van der Waals surface area contributed by atoms with Gasteiger partial charge in [0.15, 0.2) is 0 Å². The van der Waals surface area contributed by atoms with E-state index in [1.54, 1.807) is 11.3 Å². The van der Waals surface area contributed by atoms with Gasteiger partial charge in [-0.15, -0.1) is 11.3 Å². The molecule has 0 bridgehead atoms. The van der Waals surface area contributed by atoms with Crippen molar-refractivity contribution in [1.82, 2.24) is 4.90 Å². The summed E-state index contributed by atoms with van der Waals surface area (Å²) in [5.41, 5.74) is 1.77. The standard InChI is InChI=1S/C20H25N3O2S/c21-11-16-15-8-4-5-9-17(15)26-20(16)22-19(25)13-10-18(24)23(12-13)14-6-2-1-3-7-14/h13-14H,1-10,12H2,(H,22,25)/t13-/m0/s1. The number of likely N-dealkylation sites (tertiary alicyclic amines) is 1. The molecule has 1 saturated carbocycles. The molecule has 1 N–H and O–H groups in total. The first-order valence-corrected chi connectivity index (χ1v) is 10.6. The Balaban J connectivity index is 1.45. The predicted octanol–water partition coefficient (Wildman–Crippen LogP) is 3.62. The quantitative estimate of drug-likeness (QED) is 0.882. The zero-order valence-electron chi connectivity index (χ0n) is 15.1. The average Bonchev–Trinajstić information content (AvgIpc) is 3.22. The van der Waals surface area contributed by atoms with E-state index in [1.165, 1.54) is 24.1 Å². The number of thiophene rings is 1. The Labute approximate surface area is 158 Å². The Hall–Kier alpha value is -1.87. The maximum Gasteiger partial charge on any atom is 0.230 e. The van der Waals surface area contributed by atoms with Crippen molar-refractivity contribution in [3.63, 3.8) is 0 Å². The molecule has 0 spiro atoms. The molecule has 0 unspecified atom stereocenters. The van der Waals surface area contributed by atoms with Crippen molar-refractivity contribution >= 4 is 28.2 Å². The third-order valence-corrected chi connectivity index (χ3v) is 7.27. The van der Waals surface area contributed by atoms with Crippen LogP contribution in [0.1, 0.15) is 67.4 Å². The number of nitrogens with zero attached hydrogens (tertiary/aromatic N) is 2. The fourth-order valence-corrected chi connectivity index (χ4v) is 5.88.